The third-order valence-electron chi connectivity index (χ3n) is 4.22. The van der Waals surface area contributed by atoms with Crippen LogP contribution in [-0.2, 0) is 18.4 Å². The first-order valence-corrected chi connectivity index (χ1v) is 7.48. The SMILES string of the molecule is Cc1c(CNC2CCN(C(=O)C(C)C)CC2)cnn1C. The number of rotatable bonds is 4. The standard InChI is InChI=1S/C15H26N4O/c1-11(2)15(20)19-7-5-14(6-8-19)16-9-13-10-17-18(4)12(13)3/h10-11,14,16H,5-9H2,1-4H3. The fourth-order valence-corrected chi connectivity index (χ4v) is 2.64. The van der Waals surface area contributed by atoms with E-state index in [4.69, 9.17) is 0 Å². The van der Waals surface area contributed by atoms with Crippen molar-refractivity contribution in [1.29, 1.82) is 0 Å². The highest BCUT2D eigenvalue weighted by molar-refractivity contribution is 5.78. The second-order valence-electron chi connectivity index (χ2n) is 6.01. The van der Waals surface area contributed by atoms with E-state index in [1.54, 1.807) is 0 Å². The van der Waals surface area contributed by atoms with Crippen molar-refractivity contribution in [3.8, 4) is 0 Å². The van der Waals surface area contributed by atoms with Gasteiger partial charge in [-0.25, -0.2) is 0 Å². The van der Waals surface area contributed by atoms with Crippen molar-refractivity contribution in [3.05, 3.63) is 17.5 Å². The minimum absolute atomic E-state index is 0.109. The minimum Gasteiger partial charge on any atom is -0.342 e. The van der Waals surface area contributed by atoms with Gasteiger partial charge in [-0.15, -0.1) is 0 Å². The Balaban J connectivity index is 1.77. The molecule has 1 N–H and O–H groups in total. The summed E-state index contributed by atoms with van der Waals surface area (Å²) in [7, 11) is 1.97. The van der Waals surface area contributed by atoms with Gasteiger partial charge in [0.2, 0.25) is 5.91 Å². The summed E-state index contributed by atoms with van der Waals surface area (Å²) in [5.41, 5.74) is 2.47. The third kappa shape index (κ3) is 3.39. The molecular weight excluding hydrogens is 252 g/mol. The molecule has 0 spiro atoms. The molecule has 1 aliphatic rings. The van der Waals surface area contributed by atoms with E-state index in [-0.39, 0.29) is 11.8 Å². The van der Waals surface area contributed by atoms with Crippen LogP contribution < -0.4 is 5.32 Å². The summed E-state index contributed by atoms with van der Waals surface area (Å²) in [5, 5.41) is 7.85. The smallest absolute Gasteiger partial charge is 0.225 e. The molecule has 0 aromatic carbocycles. The van der Waals surface area contributed by atoms with E-state index in [2.05, 4.69) is 17.3 Å². The number of aromatic nitrogens is 2. The maximum Gasteiger partial charge on any atom is 0.225 e. The van der Waals surface area contributed by atoms with E-state index < -0.39 is 0 Å². The van der Waals surface area contributed by atoms with Crippen LogP contribution in [0.15, 0.2) is 6.20 Å². The second kappa shape index (κ2) is 6.39. The van der Waals surface area contributed by atoms with Gasteiger partial charge in [0.15, 0.2) is 0 Å². The average molecular weight is 278 g/mol. The van der Waals surface area contributed by atoms with Gasteiger partial charge in [-0.1, -0.05) is 13.8 Å². The lowest BCUT2D eigenvalue weighted by atomic mass is 10.0. The number of nitrogens with zero attached hydrogens (tertiary/aromatic N) is 3. The number of carbonyl (C=O) groups excluding carboxylic acids is 1. The van der Waals surface area contributed by atoms with Crippen molar-refractivity contribution in [2.75, 3.05) is 13.1 Å². The number of piperidine rings is 1. The van der Waals surface area contributed by atoms with Gasteiger partial charge in [-0.05, 0) is 19.8 Å². The Morgan fingerprint density at radius 3 is 2.60 bits per heavy atom. The number of hydrogen-bond donors (Lipinski definition) is 1. The molecule has 5 heteroatoms. The van der Waals surface area contributed by atoms with Crippen molar-refractivity contribution in [3.63, 3.8) is 0 Å². The van der Waals surface area contributed by atoms with Crippen LogP contribution in [0.1, 0.15) is 37.9 Å². The van der Waals surface area contributed by atoms with Gasteiger partial charge in [0, 0.05) is 49.9 Å². The Hall–Kier alpha value is -1.36. The molecule has 112 valence electrons. The van der Waals surface area contributed by atoms with Gasteiger partial charge < -0.3 is 10.2 Å². The maximum atomic E-state index is 11.9. The fraction of sp³-hybridized carbons (Fsp3) is 0.733. The van der Waals surface area contributed by atoms with Gasteiger partial charge in [0.25, 0.3) is 0 Å². The molecule has 5 nitrogen and oxygen atoms in total. The molecule has 0 unspecified atom stereocenters. The number of hydrogen-bond acceptors (Lipinski definition) is 3. The summed E-state index contributed by atoms with van der Waals surface area (Å²) < 4.78 is 1.90. The van der Waals surface area contributed by atoms with Crippen LogP contribution in [-0.4, -0.2) is 39.7 Å². The molecule has 1 aliphatic heterocycles. The van der Waals surface area contributed by atoms with Crippen LogP contribution in [0, 0.1) is 12.8 Å². The monoisotopic (exact) mass is 278 g/mol. The molecule has 0 saturated carbocycles. The highest BCUT2D eigenvalue weighted by Crippen LogP contribution is 2.14. The number of nitrogens with one attached hydrogen (secondary N) is 1. The van der Waals surface area contributed by atoms with Gasteiger partial charge in [0.05, 0.1) is 6.20 Å². The summed E-state index contributed by atoms with van der Waals surface area (Å²) in [4.78, 5) is 13.9. The summed E-state index contributed by atoms with van der Waals surface area (Å²) in [6.45, 7) is 8.65. The summed E-state index contributed by atoms with van der Waals surface area (Å²) in [5.74, 6) is 0.393. The van der Waals surface area contributed by atoms with Crippen LogP contribution in [0.3, 0.4) is 0 Å². The number of aryl methyl sites for hydroxylation is 1. The molecule has 1 aromatic heterocycles. The van der Waals surface area contributed by atoms with Gasteiger partial charge in [-0.3, -0.25) is 9.48 Å². The minimum atomic E-state index is 0.109. The molecule has 1 fully saturated rings. The molecule has 2 heterocycles. The van der Waals surface area contributed by atoms with E-state index in [1.165, 1.54) is 11.3 Å². The van der Waals surface area contributed by atoms with Crippen molar-refractivity contribution in [2.24, 2.45) is 13.0 Å². The highest BCUT2D eigenvalue weighted by Gasteiger charge is 2.23. The third-order valence-corrected chi connectivity index (χ3v) is 4.22. The van der Waals surface area contributed by atoms with Gasteiger partial charge in [-0.2, -0.15) is 5.10 Å². The lowest BCUT2D eigenvalue weighted by Gasteiger charge is -2.33. The lowest BCUT2D eigenvalue weighted by Crippen LogP contribution is -2.46. The van der Waals surface area contributed by atoms with Crippen LogP contribution in [0.2, 0.25) is 0 Å². The Kier molecular flexibility index (Phi) is 4.81. The topological polar surface area (TPSA) is 50.2 Å². The molecule has 1 aromatic rings. The molecule has 0 aliphatic carbocycles. The van der Waals surface area contributed by atoms with Crippen molar-refractivity contribution in [1.82, 2.24) is 20.0 Å². The molecule has 0 atom stereocenters. The predicted octanol–water partition coefficient (Wildman–Crippen LogP) is 1.47. The molecule has 1 saturated heterocycles. The van der Waals surface area contributed by atoms with Crippen LogP contribution >= 0.6 is 0 Å². The molecule has 2 rings (SSSR count). The molecule has 20 heavy (non-hydrogen) atoms. The van der Waals surface area contributed by atoms with Crippen LogP contribution in [0.4, 0.5) is 0 Å². The van der Waals surface area contributed by atoms with Crippen molar-refractivity contribution >= 4 is 5.91 Å². The molecular formula is C15H26N4O. The Morgan fingerprint density at radius 1 is 1.45 bits per heavy atom. The Morgan fingerprint density at radius 2 is 2.10 bits per heavy atom. The van der Waals surface area contributed by atoms with Gasteiger partial charge >= 0.3 is 0 Å². The zero-order chi connectivity index (χ0) is 14.7. The molecule has 0 bridgehead atoms. The average Bonchev–Trinajstić information content (AvgIpc) is 2.76. The lowest BCUT2D eigenvalue weighted by molar-refractivity contribution is -0.135. The van der Waals surface area contributed by atoms with E-state index in [0.717, 1.165) is 32.5 Å². The largest absolute Gasteiger partial charge is 0.342 e. The fourth-order valence-electron chi connectivity index (χ4n) is 2.64. The van der Waals surface area contributed by atoms with Crippen LogP contribution in [0.25, 0.3) is 0 Å². The van der Waals surface area contributed by atoms with Crippen molar-refractivity contribution in [2.45, 2.75) is 46.2 Å². The molecule has 1 amide bonds. The van der Waals surface area contributed by atoms with Gasteiger partial charge in [0.1, 0.15) is 0 Å². The van der Waals surface area contributed by atoms with E-state index in [9.17, 15) is 4.79 Å². The van der Waals surface area contributed by atoms with E-state index in [0.29, 0.717) is 6.04 Å². The van der Waals surface area contributed by atoms with E-state index in [1.807, 2.05) is 36.7 Å². The maximum absolute atomic E-state index is 11.9. The highest BCUT2D eigenvalue weighted by atomic mass is 16.2. The zero-order valence-corrected chi connectivity index (χ0v) is 13.0. The predicted molar refractivity (Wildman–Crippen MR) is 79.2 cm³/mol. The Labute approximate surface area is 121 Å². The van der Waals surface area contributed by atoms with E-state index >= 15 is 0 Å². The zero-order valence-electron chi connectivity index (χ0n) is 13.0. The quantitative estimate of drug-likeness (QED) is 0.907. The second-order valence-corrected chi connectivity index (χ2v) is 6.01. The first-order valence-electron chi connectivity index (χ1n) is 7.48. The number of likely N-dealkylation sites (tertiary alicyclic amines) is 1. The Bertz CT molecular complexity index is 458. The summed E-state index contributed by atoms with van der Waals surface area (Å²) in [6, 6.07) is 0.505. The molecule has 0 radical (unpaired) electrons. The summed E-state index contributed by atoms with van der Waals surface area (Å²) >= 11 is 0. The first kappa shape index (κ1) is 15.0. The van der Waals surface area contributed by atoms with Crippen molar-refractivity contribution < 1.29 is 4.79 Å². The summed E-state index contributed by atoms with van der Waals surface area (Å²) in [6.07, 6.45) is 4.01. The first-order chi connectivity index (χ1) is 9.49. The van der Waals surface area contributed by atoms with Crippen LogP contribution in [0.5, 0.6) is 0 Å². The normalized spacial score (nSPS) is 16.9. The number of carbonyl (C=O) groups is 1. The number of amides is 1.